The maximum absolute atomic E-state index is 5.94. The minimum Gasteiger partial charge on any atom is -0.374 e. The van der Waals surface area contributed by atoms with E-state index in [0.717, 1.165) is 23.8 Å². The van der Waals surface area contributed by atoms with Crippen molar-refractivity contribution in [1.82, 2.24) is 10.2 Å². The van der Waals surface area contributed by atoms with Gasteiger partial charge in [0.15, 0.2) is 0 Å². The van der Waals surface area contributed by atoms with Crippen molar-refractivity contribution >= 4 is 16.5 Å². The fourth-order valence-electron chi connectivity index (χ4n) is 2.90. The first kappa shape index (κ1) is 12.8. The third kappa shape index (κ3) is 3.64. The molecule has 0 radical (unpaired) electrons. The van der Waals surface area contributed by atoms with Gasteiger partial charge in [-0.3, -0.25) is 0 Å². The first-order valence-corrected chi connectivity index (χ1v) is 6.96. The number of nitrogen functional groups attached to an aromatic ring is 1. The van der Waals surface area contributed by atoms with Gasteiger partial charge in [-0.05, 0) is 30.6 Å². The van der Waals surface area contributed by atoms with Gasteiger partial charge in [0.25, 0.3) is 0 Å². The molecule has 0 bridgehead atoms. The van der Waals surface area contributed by atoms with Crippen molar-refractivity contribution in [3.05, 3.63) is 5.01 Å². The van der Waals surface area contributed by atoms with E-state index in [9.17, 15) is 0 Å². The van der Waals surface area contributed by atoms with Crippen LogP contribution >= 0.6 is 11.3 Å². The van der Waals surface area contributed by atoms with Gasteiger partial charge in [0.05, 0.1) is 6.10 Å². The number of hydrogen-bond acceptors (Lipinski definition) is 5. The van der Waals surface area contributed by atoms with Crippen LogP contribution in [0.3, 0.4) is 0 Å². The van der Waals surface area contributed by atoms with Crippen LogP contribution in [0.25, 0.3) is 0 Å². The maximum atomic E-state index is 5.94. The minimum atomic E-state index is 0.346. The lowest BCUT2D eigenvalue weighted by Gasteiger charge is -2.38. The van der Waals surface area contributed by atoms with Crippen molar-refractivity contribution in [1.29, 1.82) is 0 Å². The van der Waals surface area contributed by atoms with Crippen molar-refractivity contribution in [2.24, 2.45) is 11.3 Å². The standard InChI is InChI=1S/C12H21N3OS/c1-8-4-9(6-12(2,3)5-8)16-7-10-14-15-11(13)17-10/h8-9H,4-7H2,1-3H3,(H2,13,15). The van der Waals surface area contributed by atoms with E-state index in [1.807, 2.05) is 0 Å². The molecule has 1 saturated carbocycles. The van der Waals surface area contributed by atoms with Crippen LogP contribution in [0.2, 0.25) is 0 Å². The van der Waals surface area contributed by atoms with Crippen LogP contribution in [-0.2, 0) is 11.3 Å². The number of nitrogens with two attached hydrogens (primary N) is 1. The lowest BCUT2D eigenvalue weighted by atomic mass is 9.71. The van der Waals surface area contributed by atoms with E-state index in [-0.39, 0.29) is 0 Å². The van der Waals surface area contributed by atoms with Crippen LogP contribution in [0.5, 0.6) is 0 Å². The zero-order chi connectivity index (χ0) is 12.5. The summed E-state index contributed by atoms with van der Waals surface area (Å²) in [6.07, 6.45) is 3.92. The summed E-state index contributed by atoms with van der Waals surface area (Å²) in [6, 6.07) is 0. The average Bonchev–Trinajstić information content (AvgIpc) is 2.58. The first-order valence-electron chi connectivity index (χ1n) is 6.14. The van der Waals surface area contributed by atoms with Crippen LogP contribution in [0.15, 0.2) is 0 Å². The molecule has 17 heavy (non-hydrogen) atoms. The van der Waals surface area contributed by atoms with Gasteiger partial charge in [-0.2, -0.15) is 0 Å². The van der Waals surface area contributed by atoms with Gasteiger partial charge >= 0.3 is 0 Å². The Hall–Kier alpha value is -0.680. The molecule has 1 aliphatic carbocycles. The Morgan fingerprint density at radius 1 is 1.41 bits per heavy atom. The van der Waals surface area contributed by atoms with Gasteiger partial charge in [-0.1, -0.05) is 32.1 Å². The summed E-state index contributed by atoms with van der Waals surface area (Å²) < 4.78 is 5.94. The molecular weight excluding hydrogens is 234 g/mol. The smallest absolute Gasteiger partial charge is 0.203 e. The molecule has 2 unspecified atom stereocenters. The number of ether oxygens (including phenoxy) is 1. The lowest BCUT2D eigenvalue weighted by molar-refractivity contribution is -0.0318. The number of rotatable bonds is 3. The molecule has 0 aliphatic heterocycles. The predicted octanol–water partition coefficient (Wildman–Crippen LogP) is 2.85. The Balaban J connectivity index is 1.86. The molecular formula is C12H21N3OS. The highest BCUT2D eigenvalue weighted by Gasteiger charge is 2.32. The Morgan fingerprint density at radius 3 is 2.76 bits per heavy atom. The summed E-state index contributed by atoms with van der Waals surface area (Å²) in [5.41, 5.74) is 5.93. The zero-order valence-electron chi connectivity index (χ0n) is 10.8. The van der Waals surface area contributed by atoms with Gasteiger partial charge in [0.1, 0.15) is 11.6 Å². The predicted molar refractivity (Wildman–Crippen MR) is 69.7 cm³/mol. The van der Waals surface area contributed by atoms with E-state index in [1.165, 1.54) is 17.8 Å². The summed E-state index contributed by atoms with van der Waals surface area (Å²) in [5, 5.41) is 9.15. The fraction of sp³-hybridized carbons (Fsp3) is 0.833. The highest BCUT2D eigenvalue weighted by atomic mass is 32.1. The molecule has 1 fully saturated rings. The van der Waals surface area contributed by atoms with Crippen molar-refractivity contribution in [2.75, 3.05) is 5.73 Å². The molecule has 0 saturated heterocycles. The van der Waals surface area contributed by atoms with Gasteiger partial charge < -0.3 is 10.5 Å². The van der Waals surface area contributed by atoms with Gasteiger partial charge in [-0.15, -0.1) is 10.2 Å². The number of anilines is 1. The molecule has 1 aromatic heterocycles. The van der Waals surface area contributed by atoms with Crippen molar-refractivity contribution in [3.63, 3.8) is 0 Å². The average molecular weight is 255 g/mol. The summed E-state index contributed by atoms with van der Waals surface area (Å²) >= 11 is 1.41. The molecule has 2 N–H and O–H groups in total. The van der Waals surface area contributed by atoms with Crippen LogP contribution in [0.4, 0.5) is 5.13 Å². The van der Waals surface area contributed by atoms with Gasteiger partial charge in [0.2, 0.25) is 5.13 Å². The molecule has 96 valence electrons. The third-order valence-corrected chi connectivity index (χ3v) is 4.00. The topological polar surface area (TPSA) is 61.0 Å². The Morgan fingerprint density at radius 2 is 2.18 bits per heavy atom. The Kier molecular flexibility index (Phi) is 3.68. The third-order valence-electron chi connectivity index (χ3n) is 3.27. The monoisotopic (exact) mass is 255 g/mol. The zero-order valence-corrected chi connectivity index (χ0v) is 11.6. The van der Waals surface area contributed by atoms with E-state index in [4.69, 9.17) is 10.5 Å². The van der Waals surface area contributed by atoms with E-state index >= 15 is 0 Å². The molecule has 1 heterocycles. The normalized spacial score (nSPS) is 28.2. The van der Waals surface area contributed by atoms with Crippen molar-refractivity contribution in [3.8, 4) is 0 Å². The largest absolute Gasteiger partial charge is 0.374 e. The highest BCUT2D eigenvalue weighted by molar-refractivity contribution is 7.15. The molecule has 2 atom stereocenters. The summed E-state index contributed by atoms with van der Waals surface area (Å²) in [6.45, 7) is 7.49. The Bertz CT molecular complexity index is 378. The number of aromatic nitrogens is 2. The quantitative estimate of drug-likeness (QED) is 0.902. The SMILES string of the molecule is CC1CC(OCc2nnc(N)s2)CC(C)(C)C1. The maximum Gasteiger partial charge on any atom is 0.203 e. The van der Waals surface area contributed by atoms with Crippen LogP contribution < -0.4 is 5.73 Å². The summed E-state index contributed by atoms with van der Waals surface area (Å²) in [5.74, 6) is 0.739. The molecule has 2 rings (SSSR count). The molecule has 4 nitrogen and oxygen atoms in total. The summed E-state index contributed by atoms with van der Waals surface area (Å²) in [4.78, 5) is 0. The molecule has 5 heteroatoms. The molecule has 0 spiro atoms. The van der Waals surface area contributed by atoms with Crippen molar-refractivity contribution in [2.45, 2.75) is 52.7 Å². The summed E-state index contributed by atoms with van der Waals surface area (Å²) in [7, 11) is 0. The molecule has 1 aromatic rings. The van der Waals surface area contributed by atoms with Gasteiger partial charge in [-0.25, -0.2) is 0 Å². The second-order valence-corrected chi connectivity index (χ2v) is 6.97. The van der Waals surface area contributed by atoms with E-state index < -0.39 is 0 Å². The molecule has 0 aromatic carbocycles. The lowest BCUT2D eigenvalue weighted by Crippen LogP contribution is -2.32. The number of hydrogen-bond donors (Lipinski definition) is 1. The van der Waals surface area contributed by atoms with E-state index in [2.05, 4.69) is 31.0 Å². The van der Waals surface area contributed by atoms with Crippen LogP contribution in [-0.4, -0.2) is 16.3 Å². The van der Waals surface area contributed by atoms with Gasteiger partial charge in [0, 0.05) is 0 Å². The number of nitrogens with zero attached hydrogens (tertiary/aromatic N) is 2. The molecule has 0 amide bonds. The highest BCUT2D eigenvalue weighted by Crippen LogP contribution is 2.39. The van der Waals surface area contributed by atoms with Crippen LogP contribution in [0, 0.1) is 11.3 Å². The first-order chi connectivity index (χ1) is 7.94. The van der Waals surface area contributed by atoms with E-state index in [0.29, 0.717) is 23.3 Å². The van der Waals surface area contributed by atoms with E-state index in [1.54, 1.807) is 0 Å². The molecule has 1 aliphatic rings. The Labute approximate surface area is 107 Å². The second kappa shape index (κ2) is 4.90. The second-order valence-electron chi connectivity index (χ2n) is 5.88. The van der Waals surface area contributed by atoms with Crippen LogP contribution in [0.1, 0.15) is 45.0 Å². The minimum absolute atomic E-state index is 0.346. The van der Waals surface area contributed by atoms with Crippen molar-refractivity contribution < 1.29 is 4.74 Å². The fourth-order valence-corrected chi connectivity index (χ4v) is 3.43.